The third kappa shape index (κ3) is 7.25. The zero-order valence-corrected chi connectivity index (χ0v) is 35.8. The number of nitrogens with zero attached hydrogens (tertiary/aromatic N) is 5. The second kappa shape index (κ2) is 15.8. The molecule has 3 aliphatic rings. The highest BCUT2D eigenvalue weighted by Gasteiger charge is 2.38. The third-order valence-electron chi connectivity index (χ3n) is 12.3. The summed E-state index contributed by atoms with van der Waals surface area (Å²) in [5, 5.41) is 8.33. The van der Waals surface area contributed by atoms with Crippen LogP contribution in [-0.4, -0.2) is 72.1 Å². The molecule has 7 heterocycles. The SMILES string of the molecule is COC(=O)N[C@H](C(=O)N1CCC[C@H]1c1ncc(-c2cc(F)c3c(c2)OC(c2cnc(CC(C)C)s2)n2c-3cc3cc(-c4cnc([C@@H]5C[C@H](C)[C@@H](C)N5)[nH]4)ccc32)[nH]1)C(C)C. The molecule has 314 valence electrons. The van der Waals surface area contributed by atoms with E-state index in [-0.39, 0.29) is 23.9 Å². The number of methoxy groups -OCH3 is 1. The Morgan fingerprint density at radius 2 is 1.77 bits per heavy atom. The molecule has 4 aromatic heterocycles. The number of H-pyrrole nitrogens is 2. The molecular formula is C45H52FN9O4S. The Kier molecular flexibility index (Phi) is 10.5. The van der Waals surface area contributed by atoms with Crippen LogP contribution in [0.25, 0.3) is 44.7 Å². The molecular weight excluding hydrogens is 782 g/mol. The maximum atomic E-state index is 16.8. The Hall–Kier alpha value is -5.54. The zero-order valence-electron chi connectivity index (χ0n) is 35.0. The molecule has 6 aromatic rings. The van der Waals surface area contributed by atoms with E-state index in [0.717, 1.165) is 57.1 Å². The van der Waals surface area contributed by atoms with Crippen LogP contribution in [0.2, 0.25) is 0 Å². The topological polar surface area (TPSA) is 155 Å². The van der Waals surface area contributed by atoms with Crippen LogP contribution < -0.4 is 15.4 Å². The fraction of sp³-hybridized carbons (Fsp3) is 0.444. The number of likely N-dealkylation sites (tertiary alicyclic amines) is 1. The van der Waals surface area contributed by atoms with Gasteiger partial charge in [-0.05, 0) is 74.3 Å². The number of carbonyl (C=O) groups excluding carboxylic acids is 2. The van der Waals surface area contributed by atoms with E-state index in [1.165, 1.54) is 13.2 Å². The largest absolute Gasteiger partial charge is 0.464 e. The second-order valence-corrected chi connectivity index (χ2v) is 18.5. The molecule has 2 amide bonds. The molecule has 9 rings (SSSR count). The number of nitrogens with one attached hydrogen (secondary N) is 4. The van der Waals surface area contributed by atoms with Crippen LogP contribution >= 0.6 is 11.3 Å². The summed E-state index contributed by atoms with van der Waals surface area (Å²) in [6.07, 6.45) is 7.57. The van der Waals surface area contributed by atoms with Crippen molar-refractivity contribution >= 4 is 34.2 Å². The lowest BCUT2D eigenvalue weighted by atomic mass is 10.0. The molecule has 0 spiro atoms. The van der Waals surface area contributed by atoms with E-state index in [1.54, 1.807) is 22.4 Å². The van der Waals surface area contributed by atoms with Crippen LogP contribution in [0, 0.1) is 23.6 Å². The summed E-state index contributed by atoms with van der Waals surface area (Å²) in [6.45, 7) is 13.1. The normalized spacial score (nSPS) is 21.7. The lowest BCUT2D eigenvalue weighted by molar-refractivity contribution is -0.135. The number of benzene rings is 2. The van der Waals surface area contributed by atoms with Crippen molar-refractivity contribution in [1.29, 1.82) is 0 Å². The number of thiazole rings is 1. The molecule has 60 heavy (non-hydrogen) atoms. The van der Waals surface area contributed by atoms with Crippen molar-refractivity contribution < 1.29 is 23.5 Å². The first-order valence-electron chi connectivity index (χ1n) is 21.0. The molecule has 15 heteroatoms. The molecule has 0 saturated carbocycles. The van der Waals surface area contributed by atoms with E-state index >= 15 is 4.39 Å². The number of ether oxygens (including phenoxy) is 2. The molecule has 1 unspecified atom stereocenters. The second-order valence-electron chi connectivity index (χ2n) is 17.4. The molecule has 0 bridgehead atoms. The molecule has 3 aliphatic heterocycles. The fourth-order valence-electron chi connectivity index (χ4n) is 8.99. The molecule has 6 atom stereocenters. The van der Waals surface area contributed by atoms with E-state index in [1.807, 2.05) is 38.4 Å². The Balaban J connectivity index is 1.06. The minimum absolute atomic E-state index is 0.156. The van der Waals surface area contributed by atoms with Crippen LogP contribution in [0.1, 0.15) is 101 Å². The summed E-state index contributed by atoms with van der Waals surface area (Å²) in [7, 11) is 1.28. The number of rotatable bonds is 10. The zero-order chi connectivity index (χ0) is 42.0. The number of halogens is 1. The van der Waals surface area contributed by atoms with Gasteiger partial charge in [0, 0.05) is 41.7 Å². The van der Waals surface area contributed by atoms with Crippen LogP contribution in [0.3, 0.4) is 0 Å². The molecule has 4 N–H and O–H groups in total. The first-order valence-corrected chi connectivity index (χ1v) is 21.8. The minimum Gasteiger partial charge on any atom is -0.464 e. The van der Waals surface area contributed by atoms with E-state index in [4.69, 9.17) is 24.4 Å². The summed E-state index contributed by atoms with van der Waals surface area (Å²) in [5.41, 5.74) is 5.10. The van der Waals surface area contributed by atoms with Crippen LogP contribution in [0.5, 0.6) is 5.75 Å². The minimum atomic E-state index is -0.750. The van der Waals surface area contributed by atoms with E-state index in [9.17, 15) is 9.59 Å². The number of alkyl carbamates (subject to hydrolysis) is 1. The molecule has 13 nitrogen and oxygen atoms in total. The Labute approximate surface area is 352 Å². The van der Waals surface area contributed by atoms with Gasteiger partial charge in [-0.1, -0.05) is 40.7 Å². The summed E-state index contributed by atoms with van der Waals surface area (Å²) in [5.74, 6) is 2.18. The highest BCUT2D eigenvalue weighted by atomic mass is 32.1. The number of hydrogen-bond donors (Lipinski definition) is 4. The van der Waals surface area contributed by atoms with Gasteiger partial charge in [0.1, 0.15) is 29.3 Å². The summed E-state index contributed by atoms with van der Waals surface area (Å²) in [4.78, 5) is 49.7. The maximum Gasteiger partial charge on any atom is 0.407 e. The van der Waals surface area contributed by atoms with Gasteiger partial charge < -0.3 is 35.0 Å². The van der Waals surface area contributed by atoms with Gasteiger partial charge in [-0.2, -0.15) is 0 Å². The van der Waals surface area contributed by atoms with Crippen molar-refractivity contribution in [2.75, 3.05) is 13.7 Å². The van der Waals surface area contributed by atoms with Crippen molar-refractivity contribution in [3.8, 4) is 39.5 Å². The lowest BCUT2D eigenvalue weighted by Crippen LogP contribution is -2.51. The van der Waals surface area contributed by atoms with Gasteiger partial charge in [0.25, 0.3) is 0 Å². The molecule has 0 radical (unpaired) electrons. The Morgan fingerprint density at radius 3 is 2.50 bits per heavy atom. The van der Waals surface area contributed by atoms with Crippen LogP contribution in [0.15, 0.2) is 55.0 Å². The van der Waals surface area contributed by atoms with Crippen molar-refractivity contribution in [2.24, 2.45) is 17.8 Å². The van der Waals surface area contributed by atoms with Crippen molar-refractivity contribution in [2.45, 2.75) is 97.6 Å². The van der Waals surface area contributed by atoms with Crippen molar-refractivity contribution in [3.05, 3.63) is 82.3 Å². The Bertz CT molecular complexity index is 2560. The molecule has 0 aliphatic carbocycles. The summed E-state index contributed by atoms with van der Waals surface area (Å²) < 4.78 is 30.5. The number of hydrogen-bond acceptors (Lipinski definition) is 9. The number of carbonyl (C=O) groups is 2. The van der Waals surface area contributed by atoms with Gasteiger partial charge in [0.05, 0.1) is 69.6 Å². The molecule has 2 saturated heterocycles. The quantitative estimate of drug-likeness (QED) is 0.107. The van der Waals surface area contributed by atoms with Crippen molar-refractivity contribution in [3.63, 3.8) is 0 Å². The first-order chi connectivity index (χ1) is 28.9. The lowest BCUT2D eigenvalue weighted by Gasteiger charge is -2.30. The van der Waals surface area contributed by atoms with E-state index in [0.29, 0.717) is 64.9 Å². The first kappa shape index (κ1) is 39.9. The average Bonchev–Trinajstić information content (AvgIpc) is 4.08. The highest BCUT2D eigenvalue weighted by Crippen LogP contribution is 2.48. The number of amides is 2. The molecule has 2 fully saturated rings. The maximum absolute atomic E-state index is 16.8. The predicted octanol–water partition coefficient (Wildman–Crippen LogP) is 8.93. The number of imidazole rings is 2. The Morgan fingerprint density at radius 1 is 1.00 bits per heavy atom. The van der Waals surface area contributed by atoms with Gasteiger partial charge in [-0.25, -0.2) is 24.1 Å². The summed E-state index contributed by atoms with van der Waals surface area (Å²) >= 11 is 1.62. The monoisotopic (exact) mass is 833 g/mol. The van der Waals surface area contributed by atoms with Gasteiger partial charge in [0.15, 0.2) is 0 Å². The van der Waals surface area contributed by atoms with Gasteiger partial charge >= 0.3 is 6.09 Å². The van der Waals surface area contributed by atoms with Gasteiger partial charge in [-0.15, -0.1) is 11.3 Å². The van der Waals surface area contributed by atoms with Crippen LogP contribution in [-0.2, 0) is 16.0 Å². The van der Waals surface area contributed by atoms with E-state index < -0.39 is 24.2 Å². The van der Waals surface area contributed by atoms with Crippen molar-refractivity contribution in [1.82, 2.24) is 45.0 Å². The fourth-order valence-corrected chi connectivity index (χ4v) is 10.1. The van der Waals surface area contributed by atoms with E-state index in [2.05, 4.69) is 71.1 Å². The summed E-state index contributed by atoms with van der Waals surface area (Å²) in [6, 6.07) is 11.2. The predicted molar refractivity (Wildman–Crippen MR) is 229 cm³/mol. The standard InChI is InChI=1S/C45H52FN9O4S/c1-22(2)13-38-47-21-37(60-38)44-55-33-11-10-26(31-19-48-41(51-31)30-14-24(5)25(6)50-30)15-28(33)17-35(55)39-29(46)16-27(18-36(39)59-44)32-20-49-42(52-32)34-9-8-12-54(34)43(56)40(23(3)4)53-45(57)58-7/h10-11,15-25,30,34,40,44,50H,8-9,12-14H2,1-7H3,(H,48,51)(H,49,52)(H,53,57)/t24-,25+,30-,34-,40-,44?/m0/s1. The smallest absolute Gasteiger partial charge is 0.407 e. The highest BCUT2D eigenvalue weighted by molar-refractivity contribution is 7.11. The third-order valence-corrected chi connectivity index (χ3v) is 13.4. The number of aromatic amines is 2. The number of aromatic nitrogens is 6. The van der Waals surface area contributed by atoms with Gasteiger partial charge in [-0.3, -0.25) is 9.36 Å². The van der Waals surface area contributed by atoms with Crippen LogP contribution in [0.4, 0.5) is 9.18 Å². The number of fused-ring (bicyclic) bond motifs is 5. The average molecular weight is 834 g/mol. The van der Waals surface area contributed by atoms with Gasteiger partial charge in [0.2, 0.25) is 12.1 Å². The molecule has 2 aromatic carbocycles.